The largest absolute Gasteiger partial charge is 0.226 e. The smallest absolute Gasteiger partial charge is 0.191 e. The van der Waals surface area contributed by atoms with Crippen LogP contribution in [0.2, 0.25) is 0 Å². The van der Waals surface area contributed by atoms with Crippen molar-refractivity contribution in [3.63, 3.8) is 0 Å². The normalized spacial score (nSPS) is 26.8. The van der Waals surface area contributed by atoms with Crippen molar-refractivity contribution in [2.75, 3.05) is 0 Å². The Morgan fingerprint density at radius 3 is 2.00 bits per heavy atom. The van der Waals surface area contributed by atoms with Crippen LogP contribution in [-0.2, 0) is 0 Å². The third kappa shape index (κ3) is 2.07. The number of alkyl halides is 2. The van der Waals surface area contributed by atoms with Crippen molar-refractivity contribution in [2.45, 2.75) is 17.5 Å². The van der Waals surface area contributed by atoms with E-state index < -0.39 is 5.13 Å². The lowest BCUT2D eigenvalue weighted by Gasteiger charge is -2.04. The molecule has 0 aromatic heterocycles. The molecule has 1 fully saturated rings. The van der Waals surface area contributed by atoms with Crippen molar-refractivity contribution in [2.24, 2.45) is 0 Å². The van der Waals surface area contributed by atoms with Crippen LogP contribution in [0.25, 0.3) is 11.1 Å². The minimum atomic E-state index is -1.51. The van der Waals surface area contributed by atoms with Gasteiger partial charge in [0.05, 0.1) is 0 Å². The average Bonchev–Trinajstić information content (AvgIpc) is 3.00. The predicted octanol–water partition coefficient (Wildman–Crippen LogP) is 4.75. The molecule has 0 spiro atoms. The Balaban J connectivity index is 1.87. The molecule has 1 aliphatic carbocycles. The fourth-order valence-corrected chi connectivity index (χ4v) is 2.39. The molecule has 0 nitrogen and oxygen atoms in total. The maximum Gasteiger partial charge on any atom is 0.191 e. The molecule has 2 aromatic carbocycles. The van der Waals surface area contributed by atoms with Crippen LogP contribution in [0, 0.1) is 0 Å². The summed E-state index contributed by atoms with van der Waals surface area (Å²) >= 11 is 5.63. The van der Waals surface area contributed by atoms with Crippen LogP contribution in [0.15, 0.2) is 54.6 Å². The molecule has 0 N–H and O–H groups in total. The number of hydrogen-bond donors (Lipinski definition) is 0. The summed E-state index contributed by atoms with van der Waals surface area (Å²) < 4.78 is 13.3. The summed E-state index contributed by atoms with van der Waals surface area (Å²) in [5, 5.41) is -1.51. The third-order valence-electron chi connectivity index (χ3n) is 3.25. The summed E-state index contributed by atoms with van der Waals surface area (Å²) in [6.45, 7) is 0. The Morgan fingerprint density at radius 1 is 0.941 bits per heavy atom. The highest BCUT2D eigenvalue weighted by molar-refractivity contribution is 6.25. The maximum absolute atomic E-state index is 13.3. The molecule has 0 amide bonds. The molecule has 1 saturated carbocycles. The third-order valence-corrected chi connectivity index (χ3v) is 3.66. The first-order valence-electron chi connectivity index (χ1n) is 5.70. The first-order chi connectivity index (χ1) is 8.17. The fourth-order valence-electron chi connectivity index (χ4n) is 2.11. The van der Waals surface area contributed by atoms with E-state index in [0.717, 1.165) is 11.1 Å². The van der Waals surface area contributed by atoms with Crippen molar-refractivity contribution < 1.29 is 4.39 Å². The molecule has 3 rings (SSSR count). The minimum Gasteiger partial charge on any atom is -0.226 e. The fraction of sp³-hybridized carbons (Fsp3) is 0.200. The summed E-state index contributed by atoms with van der Waals surface area (Å²) in [6, 6.07) is 18.1. The molecule has 2 atom stereocenters. The van der Waals surface area contributed by atoms with Gasteiger partial charge < -0.3 is 0 Å². The monoisotopic (exact) mass is 246 g/mol. The highest BCUT2D eigenvalue weighted by Crippen LogP contribution is 2.57. The van der Waals surface area contributed by atoms with Crippen molar-refractivity contribution in [3.8, 4) is 11.1 Å². The number of benzene rings is 2. The van der Waals surface area contributed by atoms with Gasteiger partial charge in [0.25, 0.3) is 0 Å². The summed E-state index contributed by atoms with van der Waals surface area (Å²) in [6.07, 6.45) is 0.430. The standard InChI is InChI=1S/C15H12ClF/c16-15(17)10-14(15)13-8-6-12(7-9-13)11-4-2-1-3-5-11/h1-9,14H,10H2/t14-,15?/m0/s1. The van der Waals surface area contributed by atoms with E-state index in [1.54, 1.807) is 0 Å². The Morgan fingerprint density at radius 2 is 1.47 bits per heavy atom. The van der Waals surface area contributed by atoms with Gasteiger partial charge in [-0.25, -0.2) is 4.39 Å². The SMILES string of the molecule is FC1(Cl)C[C@H]1c1ccc(-c2ccccc2)cc1. The Hall–Kier alpha value is -1.34. The van der Waals surface area contributed by atoms with Gasteiger partial charge in [-0.15, -0.1) is 0 Å². The van der Waals surface area contributed by atoms with Gasteiger partial charge in [-0.1, -0.05) is 66.2 Å². The van der Waals surface area contributed by atoms with Gasteiger partial charge >= 0.3 is 0 Å². The summed E-state index contributed by atoms with van der Waals surface area (Å²) in [7, 11) is 0. The lowest BCUT2D eigenvalue weighted by Crippen LogP contribution is -1.90. The molecule has 0 radical (unpaired) electrons. The topological polar surface area (TPSA) is 0 Å². The van der Waals surface area contributed by atoms with Crippen LogP contribution in [-0.4, -0.2) is 5.13 Å². The van der Waals surface area contributed by atoms with Gasteiger partial charge in [0.15, 0.2) is 5.13 Å². The Kier molecular flexibility index (Phi) is 2.44. The van der Waals surface area contributed by atoms with Crippen LogP contribution >= 0.6 is 11.6 Å². The molecule has 1 aliphatic rings. The van der Waals surface area contributed by atoms with Gasteiger partial charge in [0.2, 0.25) is 0 Å². The van der Waals surface area contributed by atoms with Gasteiger partial charge in [-0.3, -0.25) is 0 Å². The molecular weight excluding hydrogens is 235 g/mol. The first kappa shape index (κ1) is 10.8. The van der Waals surface area contributed by atoms with Gasteiger partial charge in [-0.2, -0.15) is 0 Å². The Bertz CT molecular complexity index is 516. The van der Waals surface area contributed by atoms with Crippen molar-refractivity contribution >= 4 is 11.6 Å². The molecule has 0 saturated heterocycles. The summed E-state index contributed by atoms with van der Waals surface area (Å²) in [4.78, 5) is 0. The van der Waals surface area contributed by atoms with E-state index in [1.807, 2.05) is 42.5 Å². The second-order valence-corrected chi connectivity index (χ2v) is 5.13. The highest BCUT2D eigenvalue weighted by Gasteiger charge is 2.54. The zero-order valence-corrected chi connectivity index (χ0v) is 9.99. The van der Waals surface area contributed by atoms with Gasteiger partial charge in [-0.05, 0) is 16.7 Å². The van der Waals surface area contributed by atoms with Crippen LogP contribution < -0.4 is 0 Å². The van der Waals surface area contributed by atoms with E-state index in [4.69, 9.17) is 11.6 Å². The van der Waals surface area contributed by atoms with E-state index >= 15 is 0 Å². The van der Waals surface area contributed by atoms with E-state index in [0.29, 0.717) is 6.42 Å². The summed E-state index contributed by atoms with van der Waals surface area (Å²) in [5.74, 6) is -0.131. The lowest BCUT2D eigenvalue weighted by atomic mass is 10.0. The lowest BCUT2D eigenvalue weighted by molar-refractivity contribution is 0.416. The molecule has 0 aliphatic heterocycles. The zero-order chi connectivity index (χ0) is 11.9. The maximum atomic E-state index is 13.3. The second-order valence-electron chi connectivity index (χ2n) is 4.51. The molecule has 2 aromatic rings. The van der Waals surface area contributed by atoms with Crippen LogP contribution in [0.1, 0.15) is 17.9 Å². The van der Waals surface area contributed by atoms with Crippen LogP contribution in [0.4, 0.5) is 4.39 Å². The number of halogens is 2. The van der Waals surface area contributed by atoms with Crippen molar-refractivity contribution in [1.82, 2.24) is 0 Å². The molecule has 0 bridgehead atoms. The van der Waals surface area contributed by atoms with E-state index in [2.05, 4.69) is 12.1 Å². The molecular formula is C15H12ClF. The van der Waals surface area contributed by atoms with E-state index in [-0.39, 0.29) is 5.92 Å². The Labute approximate surface area is 105 Å². The first-order valence-corrected chi connectivity index (χ1v) is 6.08. The van der Waals surface area contributed by atoms with Crippen molar-refractivity contribution in [1.29, 1.82) is 0 Å². The van der Waals surface area contributed by atoms with E-state index in [1.165, 1.54) is 5.56 Å². The average molecular weight is 247 g/mol. The number of rotatable bonds is 2. The van der Waals surface area contributed by atoms with Gasteiger partial charge in [0, 0.05) is 12.3 Å². The molecule has 2 heteroatoms. The second kappa shape index (κ2) is 3.85. The zero-order valence-electron chi connectivity index (χ0n) is 9.24. The highest BCUT2D eigenvalue weighted by atomic mass is 35.5. The van der Waals surface area contributed by atoms with Crippen molar-refractivity contribution in [3.05, 3.63) is 60.2 Å². The van der Waals surface area contributed by atoms with Crippen LogP contribution in [0.5, 0.6) is 0 Å². The van der Waals surface area contributed by atoms with Crippen LogP contribution in [0.3, 0.4) is 0 Å². The molecule has 0 heterocycles. The minimum absolute atomic E-state index is 0.131. The summed E-state index contributed by atoms with van der Waals surface area (Å²) in [5.41, 5.74) is 3.31. The van der Waals surface area contributed by atoms with E-state index in [9.17, 15) is 4.39 Å². The molecule has 17 heavy (non-hydrogen) atoms. The molecule has 1 unspecified atom stereocenters. The number of hydrogen-bond acceptors (Lipinski definition) is 0. The molecule has 86 valence electrons. The predicted molar refractivity (Wildman–Crippen MR) is 68.9 cm³/mol. The quantitative estimate of drug-likeness (QED) is 0.671. The van der Waals surface area contributed by atoms with Gasteiger partial charge in [0.1, 0.15) is 0 Å².